The second-order valence-corrected chi connectivity index (χ2v) is 3.49. The Morgan fingerprint density at radius 3 is 2.73 bits per heavy atom. The van der Waals surface area contributed by atoms with Crippen LogP contribution in [0.5, 0.6) is 0 Å². The Bertz CT molecular complexity index is 473. The SMILES string of the molecule is Cc1ncn(-c2ccnc(CN)c2)c1C. The molecule has 78 valence electrons. The van der Waals surface area contributed by atoms with Gasteiger partial charge in [-0.15, -0.1) is 0 Å². The monoisotopic (exact) mass is 202 g/mol. The molecule has 4 nitrogen and oxygen atoms in total. The first-order valence-corrected chi connectivity index (χ1v) is 4.88. The van der Waals surface area contributed by atoms with E-state index in [-0.39, 0.29) is 0 Å². The van der Waals surface area contributed by atoms with Gasteiger partial charge in [0.1, 0.15) is 0 Å². The molecule has 0 spiro atoms. The van der Waals surface area contributed by atoms with Crippen molar-refractivity contribution in [2.75, 3.05) is 0 Å². The van der Waals surface area contributed by atoms with Crippen LogP contribution >= 0.6 is 0 Å². The molecule has 4 heteroatoms. The van der Waals surface area contributed by atoms with Crippen LogP contribution in [0.25, 0.3) is 5.69 Å². The van der Waals surface area contributed by atoms with Gasteiger partial charge in [-0.2, -0.15) is 0 Å². The third-order valence-electron chi connectivity index (χ3n) is 2.54. The molecule has 2 aromatic rings. The number of aryl methyl sites for hydroxylation is 1. The van der Waals surface area contributed by atoms with Gasteiger partial charge < -0.3 is 10.3 Å². The van der Waals surface area contributed by atoms with Gasteiger partial charge in [0.2, 0.25) is 0 Å². The third kappa shape index (κ3) is 1.76. The van der Waals surface area contributed by atoms with Crippen LogP contribution in [-0.4, -0.2) is 14.5 Å². The zero-order valence-corrected chi connectivity index (χ0v) is 8.94. The first kappa shape index (κ1) is 9.86. The molecule has 0 saturated heterocycles. The molecule has 0 aliphatic rings. The van der Waals surface area contributed by atoms with Crippen molar-refractivity contribution >= 4 is 0 Å². The molecule has 0 amide bonds. The number of nitrogens with zero attached hydrogens (tertiary/aromatic N) is 3. The molecule has 0 aliphatic heterocycles. The van der Waals surface area contributed by atoms with Crippen molar-refractivity contribution in [1.82, 2.24) is 14.5 Å². The maximum absolute atomic E-state index is 5.55. The van der Waals surface area contributed by atoms with Gasteiger partial charge >= 0.3 is 0 Å². The van der Waals surface area contributed by atoms with E-state index in [2.05, 4.69) is 9.97 Å². The van der Waals surface area contributed by atoms with E-state index in [1.54, 1.807) is 6.20 Å². The maximum atomic E-state index is 5.55. The minimum absolute atomic E-state index is 0.459. The van der Waals surface area contributed by atoms with E-state index in [1.165, 1.54) is 0 Å². The van der Waals surface area contributed by atoms with Gasteiger partial charge in [-0.1, -0.05) is 0 Å². The highest BCUT2D eigenvalue weighted by molar-refractivity contribution is 5.35. The highest BCUT2D eigenvalue weighted by Gasteiger charge is 2.04. The highest BCUT2D eigenvalue weighted by Crippen LogP contribution is 2.13. The summed E-state index contributed by atoms with van der Waals surface area (Å²) in [5.41, 5.74) is 9.68. The molecule has 2 N–H and O–H groups in total. The topological polar surface area (TPSA) is 56.7 Å². The van der Waals surface area contributed by atoms with Crippen LogP contribution in [0, 0.1) is 13.8 Å². The van der Waals surface area contributed by atoms with Gasteiger partial charge in [0, 0.05) is 18.4 Å². The second-order valence-electron chi connectivity index (χ2n) is 3.49. The van der Waals surface area contributed by atoms with Gasteiger partial charge in [-0.05, 0) is 26.0 Å². The Balaban J connectivity index is 2.49. The van der Waals surface area contributed by atoms with E-state index in [9.17, 15) is 0 Å². The summed E-state index contributed by atoms with van der Waals surface area (Å²) in [6, 6.07) is 3.93. The van der Waals surface area contributed by atoms with Crippen molar-refractivity contribution in [3.63, 3.8) is 0 Å². The summed E-state index contributed by atoms with van der Waals surface area (Å²) >= 11 is 0. The van der Waals surface area contributed by atoms with Crippen molar-refractivity contribution in [2.24, 2.45) is 5.73 Å². The van der Waals surface area contributed by atoms with Gasteiger partial charge in [-0.3, -0.25) is 4.98 Å². The lowest BCUT2D eigenvalue weighted by Crippen LogP contribution is -2.02. The average molecular weight is 202 g/mol. The fraction of sp³-hybridized carbons (Fsp3) is 0.273. The predicted molar refractivity (Wildman–Crippen MR) is 58.7 cm³/mol. The molecule has 2 heterocycles. The van der Waals surface area contributed by atoms with Crippen molar-refractivity contribution in [1.29, 1.82) is 0 Å². The van der Waals surface area contributed by atoms with Crippen LogP contribution in [0.4, 0.5) is 0 Å². The lowest BCUT2D eigenvalue weighted by Gasteiger charge is -2.06. The van der Waals surface area contributed by atoms with E-state index < -0.39 is 0 Å². The third-order valence-corrected chi connectivity index (χ3v) is 2.54. The number of hydrogen-bond acceptors (Lipinski definition) is 3. The van der Waals surface area contributed by atoms with Gasteiger partial charge in [0.25, 0.3) is 0 Å². The van der Waals surface area contributed by atoms with Crippen molar-refractivity contribution in [3.8, 4) is 5.69 Å². The fourth-order valence-electron chi connectivity index (χ4n) is 1.49. The predicted octanol–water partition coefficient (Wildman–Crippen LogP) is 1.34. The Kier molecular flexibility index (Phi) is 2.51. The van der Waals surface area contributed by atoms with Crippen molar-refractivity contribution in [2.45, 2.75) is 20.4 Å². The molecule has 0 fully saturated rings. The molecule has 0 atom stereocenters. The number of aromatic nitrogens is 3. The molecule has 0 saturated carbocycles. The van der Waals surface area contributed by atoms with Gasteiger partial charge in [0.15, 0.2) is 0 Å². The van der Waals surface area contributed by atoms with E-state index >= 15 is 0 Å². The number of rotatable bonds is 2. The standard InChI is InChI=1S/C11H14N4/c1-8-9(2)15(7-14-8)11-3-4-13-10(5-11)6-12/h3-5,7H,6,12H2,1-2H3. The molecule has 0 radical (unpaired) electrons. The first-order chi connectivity index (χ1) is 7.22. The number of hydrogen-bond donors (Lipinski definition) is 1. The molecule has 2 aromatic heterocycles. The largest absolute Gasteiger partial charge is 0.325 e. The summed E-state index contributed by atoms with van der Waals surface area (Å²) in [6.45, 7) is 4.50. The minimum atomic E-state index is 0.459. The van der Waals surface area contributed by atoms with Crippen LogP contribution in [-0.2, 0) is 6.54 Å². The van der Waals surface area contributed by atoms with Crippen LogP contribution < -0.4 is 5.73 Å². The van der Waals surface area contributed by atoms with Gasteiger partial charge in [-0.25, -0.2) is 4.98 Å². The first-order valence-electron chi connectivity index (χ1n) is 4.88. The zero-order valence-electron chi connectivity index (χ0n) is 8.94. The number of nitrogens with two attached hydrogens (primary N) is 1. The Hall–Kier alpha value is -1.68. The average Bonchev–Trinajstić information content (AvgIpc) is 2.60. The number of pyridine rings is 1. The smallest absolute Gasteiger partial charge is 0.0997 e. The Morgan fingerprint density at radius 2 is 2.13 bits per heavy atom. The molecule has 0 aromatic carbocycles. The highest BCUT2D eigenvalue weighted by atomic mass is 15.1. The normalized spacial score (nSPS) is 10.6. The summed E-state index contributed by atoms with van der Waals surface area (Å²) < 4.78 is 2.04. The summed E-state index contributed by atoms with van der Waals surface area (Å²) in [5.74, 6) is 0. The van der Waals surface area contributed by atoms with E-state index in [4.69, 9.17) is 5.73 Å². The van der Waals surface area contributed by atoms with E-state index in [1.807, 2.05) is 36.9 Å². The summed E-state index contributed by atoms with van der Waals surface area (Å²) in [4.78, 5) is 8.42. The van der Waals surface area contributed by atoms with Crippen molar-refractivity contribution in [3.05, 3.63) is 41.7 Å². The van der Waals surface area contributed by atoms with E-state index in [0.29, 0.717) is 6.54 Å². The quantitative estimate of drug-likeness (QED) is 0.799. The van der Waals surface area contributed by atoms with Crippen molar-refractivity contribution < 1.29 is 0 Å². The lowest BCUT2D eigenvalue weighted by atomic mass is 10.3. The molecular formula is C11H14N4. The summed E-state index contributed by atoms with van der Waals surface area (Å²) in [6.07, 6.45) is 3.59. The number of imidazole rings is 1. The Morgan fingerprint density at radius 1 is 1.33 bits per heavy atom. The molecule has 2 rings (SSSR count). The molecule has 0 unspecified atom stereocenters. The minimum Gasteiger partial charge on any atom is -0.325 e. The Labute approximate surface area is 88.8 Å². The van der Waals surface area contributed by atoms with Crippen LogP contribution in [0.15, 0.2) is 24.7 Å². The lowest BCUT2D eigenvalue weighted by molar-refractivity contribution is 0.949. The molecule has 15 heavy (non-hydrogen) atoms. The van der Waals surface area contributed by atoms with Crippen LogP contribution in [0.3, 0.4) is 0 Å². The molecule has 0 bridgehead atoms. The molecule has 0 aliphatic carbocycles. The van der Waals surface area contributed by atoms with Crippen LogP contribution in [0.2, 0.25) is 0 Å². The zero-order chi connectivity index (χ0) is 10.8. The van der Waals surface area contributed by atoms with Gasteiger partial charge in [0.05, 0.1) is 23.4 Å². The molecular weight excluding hydrogens is 188 g/mol. The summed E-state index contributed by atoms with van der Waals surface area (Å²) in [5, 5.41) is 0. The maximum Gasteiger partial charge on any atom is 0.0997 e. The van der Waals surface area contributed by atoms with Crippen LogP contribution in [0.1, 0.15) is 17.1 Å². The second kappa shape index (κ2) is 3.82. The van der Waals surface area contributed by atoms with E-state index in [0.717, 1.165) is 22.8 Å². The summed E-state index contributed by atoms with van der Waals surface area (Å²) in [7, 11) is 0. The fourth-order valence-corrected chi connectivity index (χ4v) is 1.49.